The van der Waals surface area contributed by atoms with Gasteiger partial charge in [-0.2, -0.15) is 16.8 Å². The highest BCUT2D eigenvalue weighted by molar-refractivity contribution is 7.92. The second kappa shape index (κ2) is 15.9. The first-order valence-electron chi connectivity index (χ1n) is 19.2. The van der Waals surface area contributed by atoms with Gasteiger partial charge in [-0.15, -0.1) is 0 Å². The molecule has 0 atom stereocenters. The third-order valence-corrected chi connectivity index (χ3v) is 12.6. The number of aromatic nitrogens is 2. The summed E-state index contributed by atoms with van der Waals surface area (Å²) in [5, 5.41) is 3.30. The van der Waals surface area contributed by atoms with Crippen LogP contribution >= 0.6 is 0 Å². The van der Waals surface area contributed by atoms with E-state index in [-0.39, 0.29) is 89.5 Å². The Labute approximate surface area is 365 Å². The quantitative estimate of drug-likeness (QED) is 0.0792. The molecule has 16 nitrogen and oxygen atoms in total. The van der Waals surface area contributed by atoms with Crippen LogP contribution in [0.4, 0.5) is 17.1 Å². The number of nitrogens with one attached hydrogen (secondary N) is 2. The molecule has 1 aliphatic rings. The average molecular weight is 917 g/mol. The summed E-state index contributed by atoms with van der Waals surface area (Å²) >= 11 is 0. The van der Waals surface area contributed by atoms with E-state index >= 15 is 0 Å². The molecular formula is C44H44N4O12S3. The molecule has 6 aromatic rings. The molecule has 19 heteroatoms. The topological polar surface area (TPSA) is 237 Å². The van der Waals surface area contributed by atoms with Gasteiger partial charge in [-0.3, -0.25) is 18.6 Å². The highest BCUT2D eigenvalue weighted by Gasteiger charge is 2.34. The molecule has 0 unspecified atom stereocenters. The van der Waals surface area contributed by atoms with Crippen LogP contribution in [0.3, 0.4) is 0 Å². The molecule has 0 saturated carbocycles. The molecule has 0 saturated heterocycles. The molecule has 0 spiro atoms. The van der Waals surface area contributed by atoms with E-state index in [4.69, 9.17) is 24.2 Å². The van der Waals surface area contributed by atoms with Crippen LogP contribution in [0.5, 0.6) is 23.0 Å². The van der Waals surface area contributed by atoms with E-state index in [1.807, 2.05) is 13.8 Å². The van der Waals surface area contributed by atoms with Gasteiger partial charge in [-0.1, -0.05) is 65.0 Å². The number of carbonyl (C=O) groups excluding carboxylic acids is 1. The van der Waals surface area contributed by atoms with Crippen molar-refractivity contribution in [3.05, 3.63) is 102 Å². The lowest BCUT2D eigenvalue weighted by Crippen LogP contribution is -2.25. The first-order chi connectivity index (χ1) is 29.3. The molecular weight excluding hydrogens is 873 g/mol. The second-order valence-electron chi connectivity index (χ2n) is 16.9. The number of nitrogens with zero attached hydrogens (tertiary/aromatic N) is 2. The zero-order chi connectivity index (χ0) is 46.0. The van der Waals surface area contributed by atoms with Gasteiger partial charge in [0.15, 0.2) is 28.9 Å². The third kappa shape index (κ3) is 9.19. The number of carbonyl (C=O) groups is 1. The van der Waals surface area contributed by atoms with Crippen molar-refractivity contribution in [2.45, 2.75) is 56.2 Å². The Balaban J connectivity index is 1.57. The number of anilines is 3. The van der Waals surface area contributed by atoms with Crippen molar-refractivity contribution in [3.8, 4) is 45.6 Å². The molecule has 63 heavy (non-hydrogen) atoms. The number of benzene rings is 5. The van der Waals surface area contributed by atoms with Gasteiger partial charge in [0.2, 0.25) is 10.0 Å². The molecule has 1 aromatic heterocycles. The molecule has 0 aliphatic heterocycles. The average Bonchev–Trinajstić information content (AvgIpc) is 3.18. The molecule has 1 heterocycles. The van der Waals surface area contributed by atoms with Crippen LogP contribution in [0.25, 0.3) is 33.5 Å². The Kier molecular flexibility index (Phi) is 11.3. The fourth-order valence-electron chi connectivity index (χ4n) is 8.01. The van der Waals surface area contributed by atoms with Gasteiger partial charge in [0.1, 0.15) is 16.2 Å². The molecule has 330 valence electrons. The largest absolute Gasteiger partial charge is 0.493 e. The number of ether oxygens (including phenoxy) is 3. The predicted molar refractivity (Wildman–Crippen MR) is 238 cm³/mol. The van der Waals surface area contributed by atoms with Gasteiger partial charge in [0.25, 0.3) is 20.2 Å². The van der Waals surface area contributed by atoms with E-state index in [0.717, 1.165) is 18.4 Å². The highest BCUT2D eigenvalue weighted by Crippen LogP contribution is 2.49. The van der Waals surface area contributed by atoms with Gasteiger partial charge in [-0.25, -0.2) is 18.4 Å². The highest BCUT2D eigenvalue weighted by atomic mass is 32.2. The van der Waals surface area contributed by atoms with Crippen molar-refractivity contribution < 1.29 is 53.4 Å². The number of hydrogen-bond acceptors (Lipinski definition) is 13. The van der Waals surface area contributed by atoms with Crippen LogP contribution in [-0.2, 0) is 35.7 Å². The predicted octanol–water partition coefficient (Wildman–Crippen LogP) is 8.64. The Morgan fingerprint density at radius 1 is 0.683 bits per heavy atom. The number of ketones is 1. The molecule has 5 aromatic carbocycles. The minimum Gasteiger partial charge on any atom is -0.493 e. The van der Waals surface area contributed by atoms with Crippen LogP contribution < -0.4 is 24.2 Å². The van der Waals surface area contributed by atoms with E-state index in [9.17, 15) is 39.2 Å². The fraction of sp³-hybridized carbons (Fsp3) is 0.250. The summed E-state index contributed by atoms with van der Waals surface area (Å²) < 4.78 is 116. The Bertz CT molecular complexity index is 3200. The molecule has 1 aliphatic carbocycles. The van der Waals surface area contributed by atoms with E-state index in [2.05, 4.69) is 30.8 Å². The second-order valence-corrected chi connectivity index (χ2v) is 21.5. The molecule has 0 amide bonds. The Hall–Kier alpha value is -6.12. The van der Waals surface area contributed by atoms with Gasteiger partial charge in [0.05, 0.1) is 48.0 Å². The monoisotopic (exact) mass is 916 g/mol. The summed E-state index contributed by atoms with van der Waals surface area (Å²) in [6.45, 7) is 10.1. The zero-order valence-electron chi connectivity index (χ0n) is 35.4. The summed E-state index contributed by atoms with van der Waals surface area (Å²) in [5.41, 5.74) is 1.33. The summed E-state index contributed by atoms with van der Waals surface area (Å²) in [4.78, 5) is 23.6. The molecule has 0 radical (unpaired) electrons. The number of fused-ring (bicyclic) bond motifs is 2. The van der Waals surface area contributed by atoms with E-state index in [1.54, 1.807) is 30.3 Å². The lowest BCUT2D eigenvalue weighted by Gasteiger charge is -2.33. The maximum absolute atomic E-state index is 14.6. The smallest absolute Gasteiger partial charge is 0.298 e. The Morgan fingerprint density at radius 3 is 1.89 bits per heavy atom. The maximum atomic E-state index is 14.6. The van der Waals surface area contributed by atoms with Crippen LogP contribution in [0.1, 0.15) is 62.5 Å². The van der Waals surface area contributed by atoms with Crippen molar-refractivity contribution in [1.82, 2.24) is 9.97 Å². The number of rotatable bonds is 13. The summed E-state index contributed by atoms with van der Waals surface area (Å²) in [6.07, 6.45) is 1.62. The summed E-state index contributed by atoms with van der Waals surface area (Å²) in [6, 6.07) is 20.4. The van der Waals surface area contributed by atoms with E-state index in [1.165, 1.54) is 56.7 Å². The lowest BCUT2D eigenvalue weighted by atomic mass is 9.72. The first kappa shape index (κ1) is 44.9. The first-order valence-corrected chi connectivity index (χ1v) is 24.0. The van der Waals surface area contributed by atoms with Gasteiger partial charge >= 0.3 is 0 Å². The SMILES string of the molecule is COc1cc(NS(C)(=O)=O)c(-c2nc3c4c(c(Nc5ccc(S(=O)(=O)O)cc5)cc(Oc5ccc(C(C)(C)CC(C)(C)C)cc5S(=O)(=O)O)c4n2)C(=O)c2ccccc2-3)cc1OC. The van der Waals surface area contributed by atoms with Crippen LogP contribution in [0.15, 0.2) is 94.7 Å². The van der Waals surface area contributed by atoms with Crippen LogP contribution in [-0.4, -0.2) is 70.6 Å². The Morgan fingerprint density at radius 2 is 1.30 bits per heavy atom. The fourth-order valence-corrected chi connectivity index (χ4v) is 9.70. The summed E-state index contributed by atoms with van der Waals surface area (Å²) in [5.74, 6) is -0.570. The molecule has 0 fully saturated rings. The molecule has 0 bridgehead atoms. The minimum absolute atomic E-state index is 0.0123. The van der Waals surface area contributed by atoms with Crippen molar-refractivity contribution >= 4 is 64.0 Å². The minimum atomic E-state index is -4.94. The third-order valence-electron chi connectivity index (χ3n) is 10.3. The van der Waals surface area contributed by atoms with Crippen molar-refractivity contribution in [1.29, 1.82) is 0 Å². The van der Waals surface area contributed by atoms with E-state index in [0.29, 0.717) is 17.5 Å². The maximum Gasteiger partial charge on any atom is 0.298 e. The normalized spacial score (nSPS) is 13.1. The van der Waals surface area contributed by atoms with Gasteiger partial charge in [-0.05, 0) is 65.3 Å². The lowest BCUT2D eigenvalue weighted by molar-refractivity contribution is 0.104. The van der Waals surface area contributed by atoms with E-state index < -0.39 is 46.4 Å². The molecule has 4 N–H and O–H groups in total. The summed E-state index contributed by atoms with van der Waals surface area (Å²) in [7, 11) is -10.6. The number of hydrogen-bond donors (Lipinski definition) is 4. The number of sulfonamides is 1. The van der Waals surface area contributed by atoms with Crippen LogP contribution in [0.2, 0.25) is 0 Å². The number of methoxy groups -OCH3 is 2. The van der Waals surface area contributed by atoms with Crippen LogP contribution in [0, 0.1) is 5.41 Å². The van der Waals surface area contributed by atoms with Crippen molar-refractivity contribution in [2.24, 2.45) is 5.41 Å². The van der Waals surface area contributed by atoms with Gasteiger partial charge in [0, 0.05) is 39.9 Å². The standard InChI is InChI=1S/C44H44N4O12S3/c1-43(2,3)23-44(4,5)24-13-18-32(36(19-24)63(55,56)57)60-35-22-31(45-25-14-16-26(17-15-25)62(52,53)54)37-38-39(27-11-9-10-12-28(27)41(37)49)46-42(47-40(35)38)29-20-33(58-6)34(59-7)21-30(29)48-61(8,50)51/h9-22,45,48H,23H2,1-8H3,(H,52,53,54)(H,55,56,57). The van der Waals surface area contributed by atoms with Crippen molar-refractivity contribution in [3.63, 3.8) is 0 Å². The zero-order valence-corrected chi connectivity index (χ0v) is 37.8. The van der Waals surface area contributed by atoms with Crippen molar-refractivity contribution in [2.75, 3.05) is 30.5 Å². The molecule has 7 rings (SSSR count). The van der Waals surface area contributed by atoms with Gasteiger partial charge < -0.3 is 19.5 Å².